The third-order valence-electron chi connectivity index (χ3n) is 3.68. The number of nitriles is 1. The van der Waals surface area contributed by atoms with Gasteiger partial charge in [0.2, 0.25) is 5.95 Å². The van der Waals surface area contributed by atoms with Crippen molar-refractivity contribution in [2.75, 3.05) is 23.3 Å². The van der Waals surface area contributed by atoms with Crippen LogP contribution in [0.2, 0.25) is 0 Å². The zero-order chi connectivity index (χ0) is 14.5. The quantitative estimate of drug-likeness (QED) is 0.934. The van der Waals surface area contributed by atoms with Gasteiger partial charge in [-0.15, -0.1) is 0 Å². The molecule has 2 heterocycles. The smallest absolute Gasteiger partial charge is 0.222 e. The van der Waals surface area contributed by atoms with Crippen LogP contribution in [-0.4, -0.2) is 29.1 Å². The summed E-state index contributed by atoms with van der Waals surface area (Å²) in [5, 5.41) is 12.2. The molecule has 1 aliphatic heterocycles. The fraction of sp³-hybridized carbons (Fsp3) is 0.312. The molecule has 0 saturated carbocycles. The fourth-order valence-electron chi connectivity index (χ4n) is 2.63. The van der Waals surface area contributed by atoms with Crippen molar-refractivity contribution in [2.24, 2.45) is 0 Å². The maximum absolute atomic E-state index is 8.86. The summed E-state index contributed by atoms with van der Waals surface area (Å²) in [7, 11) is 0. The van der Waals surface area contributed by atoms with Gasteiger partial charge in [0.05, 0.1) is 11.6 Å². The van der Waals surface area contributed by atoms with Gasteiger partial charge in [0.1, 0.15) is 0 Å². The summed E-state index contributed by atoms with van der Waals surface area (Å²) in [4.78, 5) is 10.8. The summed E-state index contributed by atoms with van der Waals surface area (Å²) in [5.74, 6) is 0.684. The van der Waals surface area contributed by atoms with E-state index in [0.29, 0.717) is 17.6 Å². The normalized spacial score (nSPS) is 18.0. The molecule has 1 atom stereocenters. The van der Waals surface area contributed by atoms with Crippen LogP contribution in [0.1, 0.15) is 18.4 Å². The Kier molecular flexibility index (Phi) is 3.97. The highest BCUT2D eigenvalue weighted by atomic mass is 15.2. The lowest BCUT2D eigenvalue weighted by molar-refractivity contribution is 0.527. The number of hydrogen-bond acceptors (Lipinski definition) is 5. The fourth-order valence-corrected chi connectivity index (χ4v) is 2.63. The van der Waals surface area contributed by atoms with Gasteiger partial charge in [-0.25, -0.2) is 9.97 Å². The molecule has 5 heteroatoms. The Morgan fingerprint density at radius 1 is 1.19 bits per heavy atom. The lowest BCUT2D eigenvalue weighted by Gasteiger charge is -2.34. The first-order valence-corrected chi connectivity index (χ1v) is 7.14. The zero-order valence-corrected chi connectivity index (χ0v) is 11.7. The van der Waals surface area contributed by atoms with Crippen molar-refractivity contribution in [1.29, 1.82) is 5.26 Å². The van der Waals surface area contributed by atoms with Gasteiger partial charge in [-0.3, -0.25) is 0 Å². The predicted octanol–water partition coefficient (Wildman–Crippen LogP) is 2.43. The lowest BCUT2D eigenvalue weighted by atomic mass is 10.0. The predicted molar refractivity (Wildman–Crippen MR) is 82.0 cm³/mol. The first-order valence-electron chi connectivity index (χ1n) is 7.14. The van der Waals surface area contributed by atoms with E-state index in [0.717, 1.165) is 31.6 Å². The Labute approximate surface area is 124 Å². The number of rotatable bonds is 3. The molecule has 21 heavy (non-hydrogen) atoms. The van der Waals surface area contributed by atoms with E-state index in [-0.39, 0.29) is 0 Å². The van der Waals surface area contributed by atoms with Crippen LogP contribution in [-0.2, 0) is 0 Å². The standard InChI is InChI=1S/C16H17N5/c17-11-13-4-6-15(7-5-13)21-10-1-3-14(12-21)20-16-18-8-2-9-19-16/h2,4-9,14H,1,3,10,12H2,(H,18,19,20)/t14-/m0/s1. The topological polar surface area (TPSA) is 64.8 Å². The Balaban J connectivity index is 1.66. The SMILES string of the molecule is N#Cc1ccc(N2CCC[C@H](Nc3ncccn3)C2)cc1. The summed E-state index contributed by atoms with van der Waals surface area (Å²) < 4.78 is 0. The average Bonchev–Trinajstić information content (AvgIpc) is 2.56. The molecule has 5 nitrogen and oxygen atoms in total. The summed E-state index contributed by atoms with van der Waals surface area (Å²) in [5.41, 5.74) is 1.86. The van der Waals surface area contributed by atoms with Crippen LogP contribution in [0.3, 0.4) is 0 Å². The second kappa shape index (κ2) is 6.23. The number of nitrogens with zero attached hydrogens (tertiary/aromatic N) is 4. The highest BCUT2D eigenvalue weighted by Crippen LogP contribution is 2.21. The van der Waals surface area contributed by atoms with Crippen molar-refractivity contribution in [3.63, 3.8) is 0 Å². The number of piperidine rings is 1. The van der Waals surface area contributed by atoms with E-state index in [1.54, 1.807) is 12.4 Å². The second-order valence-electron chi connectivity index (χ2n) is 5.16. The van der Waals surface area contributed by atoms with E-state index >= 15 is 0 Å². The third-order valence-corrected chi connectivity index (χ3v) is 3.68. The van der Waals surface area contributed by atoms with Gasteiger partial charge in [-0.1, -0.05) is 0 Å². The van der Waals surface area contributed by atoms with Crippen molar-refractivity contribution in [3.8, 4) is 6.07 Å². The zero-order valence-electron chi connectivity index (χ0n) is 11.7. The van der Waals surface area contributed by atoms with Crippen LogP contribution < -0.4 is 10.2 Å². The van der Waals surface area contributed by atoms with Gasteiger partial charge < -0.3 is 10.2 Å². The number of aromatic nitrogens is 2. The molecule has 3 rings (SSSR count). The van der Waals surface area contributed by atoms with Crippen LogP contribution in [0.25, 0.3) is 0 Å². The highest BCUT2D eigenvalue weighted by Gasteiger charge is 2.20. The lowest BCUT2D eigenvalue weighted by Crippen LogP contribution is -2.42. The third kappa shape index (κ3) is 3.29. The molecule has 1 saturated heterocycles. The number of nitrogens with one attached hydrogen (secondary N) is 1. The number of benzene rings is 1. The molecule has 0 amide bonds. The molecule has 1 fully saturated rings. The van der Waals surface area contributed by atoms with Gasteiger partial charge in [0.25, 0.3) is 0 Å². The van der Waals surface area contributed by atoms with Gasteiger partial charge >= 0.3 is 0 Å². The van der Waals surface area contributed by atoms with E-state index in [2.05, 4.69) is 26.3 Å². The van der Waals surface area contributed by atoms with Crippen LogP contribution in [0.5, 0.6) is 0 Å². The van der Waals surface area contributed by atoms with E-state index in [4.69, 9.17) is 5.26 Å². The molecule has 1 aromatic carbocycles. The molecule has 106 valence electrons. The van der Waals surface area contributed by atoms with Crippen molar-refractivity contribution >= 4 is 11.6 Å². The second-order valence-corrected chi connectivity index (χ2v) is 5.16. The van der Waals surface area contributed by atoms with E-state index in [1.807, 2.05) is 30.3 Å². The number of anilines is 2. The van der Waals surface area contributed by atoms with E-state index < -0.39 is 0 Å². The van der Waals surface area contributed by atoms with E-state index in [1.165, 1.54) is 0 Å². The molecule has 0 unspecified atom stereocenters. The molecule has 0 bridgehead atoms. The van der Waals surface area contributed by atoms with Crippen molar-refractivity contribution in [2.45, 2.75) is 18.9 Å². The van der Waals surface area contributed by atoms with Gasteiger partial charge in [-0.2, -0.15) is 5.26 Å². The van der Waals surface area contributed by atoms with Crippen LogP contribution >= 0.6 is 0 Å². The summed E-state index contributed by atoms with van der Waals surface area (Å²) in [6, 6.07) is 12.1. The van der Waals surface area contributed by atoms with Crippen LogP contribution in [0.4, 0.5) is 11.6 Å². The van der Waals surface area contributed by atoms with Crippen molar-refractivity contribution in [3.05, 3.63) is 48.3 Å². The van der Waals surface area contributed by atoms with Gasteiger partial charge in [-0.05, 0) is 43.2 Å². The monoisotopic (exact) mass is 279 g/mol. The molecule has 1 aliphatic rings. The summed E-state index contributed by atoms with van der Waals surface area (Å²) >= 11 is 0. The summed E-state index contributed by atoms with van der Waals surface area (Å²) in [6.45, 7) is 1.96. The Morgan fingerprint density at radius 2 is 1.95 bits per heavy atom. The molecule has 0 aliphatic carbocycles. The van der Waals surface area contributed by atoms with Crippen molar-refractivity contribution < 1.29 is 0 Å². The first kappa shape index (κ1) is 13.4. The minimum Gasteiger partial charge on any atom is -0.369 e. The van der Waals surface area contributed by atoms with Gasteiger partial charge in [0, 0.05) is 37.2 Å². The highest BCUT2D eigenvalue weighted by molar-refractivity contribution is 5.50. The maximum Gasteiger partial charge on any atom is 0.222 e. The minimum atomic E-state index is 0.344. The average molecular weight is 279 g/mol. The summed E-state index contributed by atoms with van der Waals surface area (Å²) in [6.07, 6.45) is 5.74. The Morgan fingerprint density at radius 3 is 2.67 bits per heavy atom. The molecule has 1 aromatic heterocycles. The van der Waals surface area contributed by atoms with E-state index in [9.17, 15) is 0 Å². The molecule has 0 radical (unpaired) electrons. The molecule has 2 aromatic rings. The molecular weight excluding hydrogens is 262 g/mol. The van der Waals surface area contributed by atoms with Gasteiger partial charge in [0.15, 0.2) is 0 Å². The Bertz CT molecular complexity index is 617. The first-order chi connectivity index (χ1) is 10.3. The molecule has 0 spiro atoms. The van der Waals surface area contributed by atoms with Crippen molar-refractivity contribution in [1.82, 2.24) is 9.97 Å². The minimum absolute atomic E-state index is 0.344. The number of hydrogen-bond donors (Lipinski definition) is 1. The molecular formula is C16H17N5. The van der Waals surface area contributed by atoms with Crippen LogP contribution in [0, 0.1) is 11.3 Å². The molecule has 1 N–H and O–H groups in total. The van der Waals surface area contributed by atoms with Crippen LogP contribution in [0.15, 0.2) is 42.7 Å². The largest absolute Gasteiger partial charge is 0.369 e. The maximum atomic E-state index is 8.86. The Hall–Kier alpha value is -2.61.